The van der Waals surface area contributed by atoms with Crippen LogP contribution in [0.3, 0.4) is 0 Å². The summed E-state index contributed by atoms with van der Waals surface area (Å²) in [6, 6.07) is 7.36. The van der Waals surface area contributed by atoms with Crippen molar-refractivity contribution in [1.29, 1.82) is 0 Å². The molecular weight excluding hydrogens is 544 g/mol. The van der Waals surface area contributed by atoms with Crippen molar-refractivity contribution >= 4 is 12.0 Å². The van der Waals surface area contributed by atoms with Crippen molar-refractivity contribution in [3.8, 4) is 17.2 Å². The predicted octanol–water partition coefficient (Wildman–Crippen LogP) is 8.17. The minimum Gasteiger partial charge on any atom is -0.493 e. The molecule has 0 aliphatic heterocycles. The number of aryl methyl sites for hydroxylation is 1. The van der Waals surface area contributed by atoms with Crippen LogP contribution < -0.4 is 18.8 Å². The van der Waals surface area contributed by atoms with Crippen LogP contribution in [0.5, 0.6) is 17.2 Å². The zero-order valence-electron chi connectivity index (χ0n) is 27.3. The Morgan fingerprint density at radius 3 is 1.77 bits per heavy atom. The topological polar surface area (TPSA) is 78.2 Å². The molecule has 8 heteroatoms. The minimum atomic E-state index is -0.706. The first-order valence-corrected chi connectivity index (χ1v) is 16.2. The van der Waals surface area contributed by atoms with Crippen LogP contribution >= 0.6 is 0 Å². The van der Waals surface area contributed by atoms with Gasteiger partial charge in [0, 0.05) is 25.5 Å². The fourth-order valence-corrected chi connectivity index (χ4v) is 4.99. The number of unbranched alkanes of at least 4 members (excludes halogenated alkanes) is 11. The van der Waals surface area contributed by atoms with Crippen molar-refractivity contribution in [2.75, 3.05) is 20.8 Å². The van der Waals surface area contributed by atoms with Crippen LogP contribution in [0.25, 0.3) is 0 Å². The van der Waals surface area contributed by atoms with E-state index in [0.717, 1.165) is 36.3 Å². The summed E-state index contributed by atoms with van der Waals surface area (Å²) in [6.45, 7) is 7.31. The van der Waals surface area contributed by atoms with Crippen LogP contribution in [0.2, 0.25) is 0 Å². The van der Waals surface area contributed by atoms with Crippen molar-refractivity contribution in [3.63, 3.8) is 0 Å². The average molecular weight is 600 g/mol. The van der Waals surface area contributed by atoms with Gasteiger partial charge in [0.05, 0.1) is 27.4 Å². The molecule has 2 amide bonds. The van der Waals surface area contributed by atoms with Crippen LogP contribution in [-0.4, -0.2) is 37.7 Å². The Balaban J connectivity index is 1.81. The summed E-state index contributed by atoms with van der Waals surface area (Å²) in [6.07, 6.45) is 19.7. The molecule has 2 rings (SSSR count). The van der Waals surface area contributed by atoms with Gasteiger partial charge in [-0.05, 0) is 29.7 Å². The van der Waals surface area contributed by atoms with Gasteiger partial charge in [-0.3, -0.25) is 4.79 Å². The van der Waals surface area contributed by atoms with E-state index in [1.165, 1.54) is 71.1 Å². The lowest BCUT2D eigenvalue weighted by Crippen LogP contribution is -2.36. The predicted molar refractivity (Wildman–Crippen MR) is 169 cm³/mol. The molecule has 0 fully saturated rings. The summed E-state index contributed by atoms with van der Waals surface area (Å²) in [7, 11) is 3.14. The number of amides is 2. The van der Waals surface area contributed by atoms with Crippen molar-refractivity contribution in [2.24, 2.45) is 0 Å². The van der Waals surface area contributed by atoms with Gasteiger partial charge in [-0.25, -0.2) is 14.3 Å². The van der Waals surface area contributed by atoms with Crippen molar-refractivity contribution in [2.45, 2.75) is 124 Å². The Morgan fingerprint density at radius 2 is 1.28 bits per heavy atom. The molecule has 0 unspecified atom stereocenters. The SMILES string of the molecule is CCCCCCCCCCCCCCOc1c(OC)cc(COC(=O)N(Cc2cc[n+](CCC)cc2)C(C)=O)cc1OC. The van der Waals surface area contributed by atoms with E-state index in [2.05, 4.69) is 18.4 Å². The van der Waals surface area contributed by atoms with Crippen LogP contribution in [0.1, 0.15) is 115 Å². The zero-order valence-corrected chi connectivity index (χ0v) is 27.3. The maximum atomic E-state index is 12.8. The standard InChI is InChI=1S/C35H55N2O6/c1-6-8-9-10-11-12-13-14-15-16-17-18-24-42-34-32(40-4)25-31(26-33(34)41-5)28-43-35(39)37(29(3)38)27-30-19-22-36(21-7-2)23-20-30/h19-20,22-23,25-26H,6-18,21,24,27-28H2,1-5H3/q+1. The largest absolute Gasteiger partial charge is 0.493 e. The lowest BCUT2D eigenvalue weighted by Gasteiger charge is -2.19. The third-order valence-corrected chi connectivity index (χ3v) is 7.51. The molecule has 0 aliphatic rings. The Morgan fingerprint density at radius 1 is 0.744 bits per heavy atom. The lowest BCUT2D eigenvalue weighted by molar-refractivity contribution is -0.697. The van der Waals surface area contributed by atoms with E-state index in [9.17, 15) is 9.59 Å². The normalized spacial score (nSPS) is 10.8. The summed E-state index contributed by atoms with van der Waals surface area (Å²) in [5, 5.41) is 0. The Hall–Kier alpha value is -3.29. The Labute approximate surface area is 259 Å². The van der Waals surface area contributed by atoms with Crippen LogP contribution in [0, 0.1) is 0 Å². The first kappa shape index (κ1) is 35.9. The van der Waals surface area contributed by atoms with Gasteiger partial charge in [0.2, 0.25) is 11.7 Å². The number of pyridine rings is 1. The molecule has 0 bridgehead atoms. The molecule has 0 saturated carbocycles. The molecule has 2 aromatic rings. The summed E-state index contributed by atoms with van der Waals surface area (Å²) in [5.41, 5.74) is 1.51. The van der Waals surface area contributed by atoms with E-state index in [-0.39, 0.29) is 19.1 Å². The molecule has 0 spiro atoms. The van der Waals surface area contributed by atoms with Crippen molar-refractivity contribution < 1.29 is 33.1 Å². The van der Waals surface area contributed by atoms with Gasteiger partial charge < -0.3 is 18.9 Å². The van der Waals surface area contributed by atoms with Gasteiger partial charge in [-0.15, -0.1) is 0 Å². The summed E-state index contributed by atoms with van der Waals surface area (Å²) in [4.78, 5) is 26.2. The summed E-state index contributed by atoms with van der Waals surface area (Å²) in [5.74, 6) is 1.18. The number of carbonyl (C=O) groups excluding carboxylic acids is 2. The highest BCUT2D eigenvalue weighted by molar-refractivity contribution is 5.90. The molecule has 43 heavy (non-hydrogen) atoms. The Kier molecular flexibility index (Phi) is 17.9. The summed E-state index contributed by atoms with van der Waals surface area (Å²) < 4.78 is 24.8. The molecule has 1 heterocycles. The second-order valence-corrected chi connectivity index (χ2v) is 11.2. The van der Waals surface area contributed by atoms with Gasteiger partial charge in [0.15, 0.2) is 23.9 Å². The second-order valence-electron chi connectivity index (χ2n) is 11.2. The highest BCUT2D eigenvalue weighted by atomic mass is 16.6. The summed E-state index contributed by atoms with van der Waals surface area (Å²) >= 11 is 0. The molecule has 8 nitrogen and oxygen atoms in total. The first-order valence-electron chi connectivity index (χ1n) is 16.2. The Bertz CT molecular complexity index is 1050. The van der Waals surface area contributed by atoms with Crippen LogP contribution in [-0.2, 0) is 29.2 Å². The second kappa shape index (κ2) is 21.4. The number of methoxy groups -OCH3 is 2. The lowest BCUT2D eigenvalue weighted by atomic mass is 10.1. The number of carbonyl (C=O) groups is 2. The maximum Gasteiger partial charge on any atom is 0.417 e. The smallest absolute Gasteiger partial charge is 0.417 e. The molecule has 1 aromatic carbocycles. The van der Waals surface area contributed by atoms with Gasteiger partial charge in [-0.2, -0.15) is 0 Å². The van der Waals surface area contributed by atoms with Crippen molar-refractivity contribution in [1.82, 2.24) is 4.90 Å². The van der Waals surface area contributed by atoms with Gasteiger partial charge in [0.1, 0.15) is 13.2 Å². The van der Waals surface area contributed by atoms with E-state index in [1.807, 2.05) is 24.5 Å². The number of aromatic nitrogens is 1. The van der Waals surface area contributed by atoms with Gasteiger partial charge in [0.25, 0.3) is 0 Å². The van der Waals surface area contributed by atoms with E-state index >= 15 is 0 Å². The number of ether oxygens (including phenoxy) is 4. The third kappa shape index (κ3) is 13.7. The fourth-order valence-electron chi connectivity index (χ4n) is 4.99. The molecule has 0 aliphatic carbocycles. The monoisotopic (exact) mass is 599 g/mol. The quantitative estimate of drug-likeness (QED) is 0.100. The number of benzene rings is 1. The molecule has 1 aromatic heterocycles. The van der Waals surface area contributed by atoms with Gasteiger partial charge in [-0.1, -0.05) is 84.5 Å². The first-order chi connectivity index (χ1) is 20.9. The van der Waals surface area contributed by atoms with Crippen LogP contribution in [0.4, 0.5) is 4.79 Å². The molecule has 0 radical (unpaired) electrons. The van der Waals surface area contributed by atoms with E-state index in [1.54, 1.807) is 26.4 Å². The number of hydrogen-bond donors (Lipinski definition) is 0. The molecule has 240 valence electrons. The fraction of sp³-hybridized carbons (Fsp3) is 0.629. The van der Waals surface area contributed by atoms with Crippen molar-refractivity contribution in [3.05, 3.63) is 47.8 Å². The van der Waals surface area contributed by atoms with Crippen LogP contribution in [0.15, 0.2) is 36.7 Å². The van der Waals surface area contributed by atoms with E-state index in [0.29, 0.717) is 29.4 Å². The number of nitrogens with zero attached hydrogens (tertiary/aromatic N) is 2. The maximum absolute atomic E-state index is 12.8. The molecule has 0 atom stereocenters. The average Bonchev–Trinajstić information content (AvgIpc) is 3.01. The minimum absolute atomic E-state index is 0.0420. The number of hydrogen-bond acceptors (Lipinski definition) is 6. The number of imide groups is 1. The molecule has 0 N–H and O–H groups in total. The highest BCUT2D eigenvalue weighted by Gasteiger charge is 2.22. The number of rotatable bonds is 22. The van der Waals surface area contributed by atoms with E-state index in [4.69, 9.17) is 18.9 Å². The highest BCUT2D eigenvalue weighted by Crippen LogP contribution is 2.39. The third-order valence-electron chi connectivity index (χ3n) is 7.51. The molecular formula is C35H55N2O6+. The zero-order chi connectivity index (χ0) is 31.3. The molecule has 0 saturated heterocycles. The van der Waals surface area contributed by atoms with Gasteiger partial charge >= 0.3 is 6.09 Å². The van der Waals surface area contributed by atoms with E-state index < -0.39 is 6.09 Å².